The number of rotatable bonds is 3. The van der Waals surface area contributed by atoms with Crippen LogP contribution in [0.1, 0.15) is 10.4 Å². The highest BCUT2D eigenvalue weighted by atomic mass is 35.5. The maximum absolute atomic E-state index is 12.6. The second-order valence-corrected chi connectivity index (χ2v) is 6.59. The second-order valence-electron chi connectivity index (χ2n) is 5.02. The van der Waals surface area contributed by atoms with Crippen molar-refractivity contribution >= 4 is 64.1 Å². The summed E-state index contributed by atoms with van der Waals surface area (Å²) >= 11 is 24.3. The van der Waals surface area contributed by atoms with E-state index in [0.717, 1.165) is 0 Å². The van der Waals surface area contributed by atoms with E-state index in [1.54, 1.807) is 30.3 Å². The first kappa shape index (κ1) is 18.7. The molecule has 0 spiro atoms. The molecule has 0 bridgehead atoms. The molecule has 0 saturated heterocycles. The maximum atomic E-state index is 12.6. The van der Waals surface area contributed by atoms with Gasteiger partial charge in [-0.1, -0.05) is 64.6 Å². The molecule has 0 atom stereocenters. The summed E-state index contributed by atoms with van der Waals surface area (Å²) in [5.74, 6) is -0.612. The number of anilines is 2. The Labute approximate surface area is 168 Å². The number of hydrogen-bond acceptors (Lipinski definition) is 5. The molecule has 0 radical (unpaired) electrons. The number of hydrogen-bond donors (Lipinski definition) is 2. The van der Waals surface area contributed by atoms with Gasteiger partial charge in [0.1, 0.15) is 5.69 Å². The Morgan fingerprint density at radius 1 is 0.923 bits per heavy atom. The quantitative estimate of drug-likeness (QED) is 0.612. The molecule has 6 nitrogen and oxygen atoms in total. The molecule has 0 aliphatic carbocycles. The Kier molecular flexibility index (Phi) is 5.48. The van der Waals surface area contributed by atoms with Crippen LogP contribution >= 0.6 is 46.4 Å². The second kappa shape index (κ2) is 7.63. The molecule has 0 unspecified atom stereocenters. The summed E-state index contributed by atoms with van der Waals surface area (Å²) in [7, 11) is 0. The lowest BCUT2D eigenvalue weighted by atomic mass is 10.1. The van der Waals surface area contributed by atoms with Crippen molar-refractivity contribution in [2.24, 2.45) is 0 Å². The zero-order valence-electron chi connectivity index (χ0n) is 12.8. The average Bonchev–Trinajstić information content (AvgIpc) is 2.60. The van der Waals surface area contributed by atoms with Crippen LogP contribution in [0.3, 0.4) is 0 Å². The van der Waals surface area contributed by atoms with Crippen LogP contribution in [0.2, 0.25) is 20.1 Å². The van der Waals surface area contributed by atoms with Crippen molar-refractivity contribution in [3.8, 4) is 11.3 Å². The minimum Gasteiger partial charge on any atom is -0.366 e. The smallest absolute Gasteiger partial charge is 0.258 e. The Morgan fingerprint density at radius 3 is 2.31 bits per heavy atom. The highest BCUT2D eigenvalue weighted by molar-refractivity contribution is 6.44. The molecule has 0 aliphatic rings. The molecule has 1 heterocycles. The van der Waals surface area contributed by atoms with E-state index in [2.05, 4.69) is 20.5 Å². The van der Waals surface area contributed by atoms with Crippen LogP contribution < -0.4 is 11.1 Å². The Bertz CT molecular complexity index is 1010. The zero-order valence-corrected chi connectivity index (χ0v) is 15.8. The molecule has 2 aromatic carbocycles. The van der Waals surface area contributed by atoms with Crippen molar-refractivity contribution in [3.05, 3.63) is 62.1 Å². The molecule has 0 fully saturated rings. The molecule has 1 aromatic heterocycles. The van der Waals surface area contributed by atoms with Crippen molar-refractivity contribution < 1.29 is 4.79 Å². The number of carbonyl (C=O) groups excluding carboxylic acids is 1. The maximum Gasteiger partial charge on any atom is 0.258 e. The van der Waals surface area contributed by atoms with Gasteiger partial charge in [-0.2, -0.15) is 4.98 Å². The predicted molar refractivity (Wildman–Crippen MR) is 104 cm³/mol. The van der Waals surface area contributed by atoms with Gasteiger partial charge in [0, 0.05) is 5.56 Å². The Balaban J connectivity index is 2.05. The van der Waals surface area contributed by atoms with E-state index < -0.39 is 5.91 Å². The molecule has 26 heavy (non-hydrogen) atoms. The van der Waals surface area contributed by atoms with E-state index in [-0.39, 0.29) is 38.1 Å². The van der Waals surface area contributed by atoms with Crippen molar-refractivity contribution in [2.45, 2.75) is 0 Å². The van der Waals surface area contributed by atoms with Crippen LogP contribution in [0.15, 0.2) is 36.4 Å². The summed E-state index contributed by atoms with van der Waals surface area (Å²) in [5, 5.41) is 11.2. The molecule has 0 saturated carbocycles. The highest BCUT2D eigenvalue weighted by Crippen LogP contribution is 2.35. The van der Waals surface area contributed by atoms with Crippen LogP contribution in [-0.4, -0.2) is 21.1 Å². The summed E-state index contributed by atoms with van der Waals surface area (Å²) in [6, 6.07) is 9.66. The molecule has 3 rings (SSSR count). The molecule has 3 aromatic rings. The van der Waals surface area contributed by atoms with E-state index in [0.29, 0.717) is 10.6 Å². The topological polar surface area (TPSA) is 93.8 Å². The third-order valence-electron chi connectivity index (χ3n) is 3.34. The summed E-state index contributed by atoms with van der Waals surface area (Å²) in [4.78, 5) is 16.6. The fourth-order valence-electron chi connectivity index (χ4n) is 2.15. The van der Waals surface area contributed by atoms with Crippen LogP contribution in [0.25, 0.3) is 11.3 Å². The number of nitrogen functional groups attached to an aromatic ring is 1. The van der Waals surface area contributed by atoms with Crippen LogP contribution in [0.4, 0.5) is 11.8 Å². The van der Waals surface area contributed by atoms with Gasteiger partial charge in [-0.15, -0.1) is 10.2 Å². The normalized spacial score (nSPS) is 10.6. The lowest BCUT2D eigenvalue weighted by Gasteiger charge is -2.12. The molecule has 3 N–H and O–H groups in total. The highest BCUT2D eigenvalue weighted by Gasteiger charge is 2.19. The van der Waals surface area contributed by atoms with Crippen LogP contribution in [-0.2, 0) is 0 Å². The minimum absolute atomic E-state index is 0.0581. The number of benzene rings is 2. The lowest BCUT2D eigenvalue weighted by Crippen LogP contribution is -2.16. The van der Waals surface area contributed by atoms with Crippen LogP contribution in [0, 0.1) is 0 Å². The van der Waals surface area contributed by atoms with E-state index >= 15 is 0 Å². The first-order valence-corrected chi connectivity index (χ1v) is 8.59. The third kappa shape index (κ3) is 3.68. The van der Waals surface area contributed by atoms with Gasteiger partial charge >= 0.3 is 0 Å². The standard InChI is InChI=1S/C16H9Cl4N5O/c17-9-5-1-3-7(11(9)19)13-14(23-16(21)25-24-13)22-15(26)8-4-2-6-10(18)12(8)20/h1-6H,(H3,21,22,23,25,26). The van der Waals surface area contributed by atoms with Gasteiger partial charge in [0.2, 0.25) is 5.95 Å². The SMILES string of the molecule is Nc1nnc(-c2cccc(Cl)c2Cl)c(NC(=O)c2cccc(Cl)c2Cl)n1. The number of nitrogens with zero attached hydrogens (tertiary/aromatic N) is 3. The number of nitrogens with two attached hydrogens (primary N) is 1. The number of carbonyl (C=O) groups is 1. The van der Waals surface area contributed by atoms with E-state index in [1.165, 1.54) is 6.07 Å². The van der Waals surface area contributed by atoms with Gasteiger partial charge in [-0.05, 0) is 18.2 Å². The molecule has 1 amide bonds. The van der Waals surface area contributed by atoms with Gasteiger partial charge in [0.05, 0.1) is 25.7 Å². The van der Waals surface area contributed by atoms with Crippen molar-refractivity contribution in [2.75, 3.05) is 11.1 Å². The fraction of sp³-hybridized carbons (Fsp3) is 0. The number of halogens is 4. The summed E-state index contributed by atoms with van der Waals surface area (Å²) < 4.78 is 0. The number of aromatic nitrogens is 3. The fourth-order valence-corrected chi connectivity index (χ4v) is 2.92. The summed E-state index contributed by atoms with van der Waals surface area (Å²) in [5.41, 5.74) is 6.41. The van der Waals surface area contributed by atoms with Gasteiger partial charge in [0.25, 0.3) is 5.91 Å². The lowest BCUT2D eigenvalue weighted by molar-refractivity contribution is 0.102. The Morgan fingerprint density at radius 2 is 1.58 bits per heavy atom. The van der Waals surface area contributed by atoms with Crippen molar-refractivity contribution in [3.63, 3.8) is 0 Å². The zero-order chi connectivity index (χ0) is 18.8. The molecular formula is C16H9Cl4N5O. The van der Waals surface area contributed by atoms with Crippen LogP contribution in [0.5, 0.6) is 0 Å². The van der Waals surface area contributed by atoms with E-state index in [4.69, 9.17) is 52.1 Å². The van der Waals surface area contributed by atoms with Gasteiger partial charge < -0.3 is 11.1 Å². The monoisotopic (exact) mass is 427 g/mol. The average molecular weight is 429 g/mol. The molecular weight excluding hydrogens is 420 g/mol. The number of amides is 1. The van der Waals surface area contributed by atoms with Crippen molar-refractivity contribution in [1.82, 2.24) is 15.2 Å². The largest absolute Gasteiger partial charge is 0.366 e. The third-order valence-corrected chi connectivity index (χ3v) is 4.98. The first-order valence-electron chi connectivity index (χ1n) is 7.08. The van der Waals surface area contributed by atoms with Gasteiger partial charge in [0.15, 0.2) is 5.82 Å². The van der Waals surface area contributed by atoms with E-state index in [9.17, 15) is 4.79 Å². The van der Waals surface area contributed by atoms with E-state index in [1.807, 2.05) is 0 Å². The summed E-state index contributed by atoms with van der Waals surface area (Å²) in [6.45, 7) is 0. The summed E-state index contributed by atoms with van der Waals surface area (Å²) in [6.07, 6.45) is 0. The minimum atomic E-state index is -0.545. The molecule has 10 heteroatoms. The Hall–Kier alpha value is -2.12. The first-order chi connectivity index (χ1) is 12.4. The predicted octanol–water partition coefficient (Wildman–Crippen LogP) is 4.99. The van der Waals surface area contributed by atoms with Gasteiger partial charge in [-0.3, -0.25) is 4.79 Å². The van der Waals surface area contributed by atoms with Crippen molar-refractivity contribution in [1.29, 1.82) is 0 Å². The molecule has 132 valence electrons. The number of nitrogens with one attached hydrogen (secondary N) is 1. The molecule has 0 aliphatic heterocycles. The van der Waals surface area contributed by atoms with Gasteiger partial charge in [-0.25, -0.2) is 0 Å².